The van der Waals surface area contributed by atoms with Gasteiger partial charge in [-0.2, -0.15) is 0 Å². The van der Waals surface area contributed by atoms with Gasteiger partial charge in [0.05, 0.1) is 35.3 Å². The second kappa shape index (κ2) is 5.37. The summed E-state index contributed by atoms with van der Waals surface area (Å²) < 4.78 is 0. The first-order valence-corrected chi connectivity index (χ1v) is 6.14. The average molecular weight is 250 g/mol. The molecule has 1 unspecified atom stereocenters. The van der Waals surface area contributed by atoms with Crippen molar-refractivity contribution in [3.05, 3.63) is 41.0 Å². The van der Waals surface area contributed by atoms with Crippen molar-refractivity contribution in [1.29, 1.82) is 0 Å². The molecule has 0 aliphatic rings. The van der Waals surface area contributed by atoms with Crippen LogP contribution in [-0.4, -0.2) is 21.8 Å². The number of rotatable bonds is 4. The number of nitrogens with zero attached hydrogens (tertiary/aromatic N) is 1. The molecule has 0 spiro atoms. The number of benzene rings is 1. The van der Waals surface area contributed by atoms with Crippen molar-refractivity contribution in [3.8, 4) is 10.4 Å². The van der Waals surface area contributed by atoms with Crippen LogP contribution in [0.5, 0.6) is 0 Å². The molecule has 0 saturated heterocycles. The van der Waals surface area contributed by atoms with Crippen LogP contribution in [0.2, 0.25) is 0 Å². The van der Waals surface area contributed by atoms with E-state index < -0.39 is 0 Å². The molecular weight excluding hydrogens is 236 g/mol. The van der Waals surface area contributed by atoms with Crippen LogP contribution in [0.1, 0.15) is 17.3 Å². The highest BCUT2D eigenvalue weighted by molar-refractivity contribution is 7.13. The van der Waals surface area contributed by atoms with Gasteiger partial charge in [0.2, 0.25) is 0 Å². The molecule has 4 N–H and O–H groups in total. The van der Waals surface area contributed by atoms with Crippen molar-refractivity contribution in [2.75, 3.05) is 6.61 Å². The smallest absolute Gasteiger partial charge is 0.0867 e. The Labute approximate surface area is 103 Å². The van der Waals surface area contributed by atoms with Crippen LogP contribution in [0, 0.1) is 0 Å². The van der Waals surface area contributed by atoms with Gasteiger partial charge in [-0.05, 0) is 11.1 Å². The van der Waals surface area contributed by atoms with Crippen molar-refractivity contribution in [3.63, 3.8) is 0 Å². The molecule has 1 aromatic carbocycles. The summed E-state index contributed by atoms with van der Waals surface area (Å²) in [5.74, 6) is 0. The van der Waals surface area contributed by atoms with E-state index in [2.05, 4.69) is 4.98 Å². The third-order valence-electron chi connectivity index (χ3n) is 2.59. The van der Waals surface area contributed by atoms with Crippen molar-refractivity contribution in [2.45, 2.75) is 12.6 Å². The predicted octanol–water partition coefficient (Wildman–Crippen LogP) is 1.29. The molecule has 0 fully saturated rings. The Balaban J connectivity index is 2.29. The van der Waals surface area contributed by atoms with E-state index in [4.69, 9.17) is 15.9 Å². The highest BCUT2D eigenvalue weighted by Crippen LogP contribution is 2.28. The molecule has 0 aliphatic carbocycles. The molecule has 17 heavy (non-hydrogen) atoms. The van der Waals surface area contributed by atoms with Crippen LogP contribution < -0.4 is 5.73 Å². The van der Waals surface area contributed by atoms with Gasteiger partial charge in [-0.25, -0.2) is 4.98 Å². The molecule has 2 rings (SSSR count). The molecule has 0 radical (unpaired) electrons. The van der Waals surface area contributed by atoms with E-state index in [9.17, 15) is 0 Å². The molecule has 1 aromatic heterocycles. The zero-order chi connectivity index (χ0) is 12.3. The third-order valence-corrected chi connectivity index (χ3v) is 3.51. The largest absolute Gasteiger partial charge is 0.394 e. The summed E-state index contributed by atoms with van der Waals surface area (Å²) in [5, 5.41) is 18.1. The van der Waals surface area contributed by atoms with Gasteiger partial charge < -0.3 is 15.9 Å². The van der Waals surface area contributed by atoms with Gasteiger partial charge in [-0.15, -0.1) is 11.3 Å². The Kier molecular flexibility index (Phi) is 3.86. The number of aromatic nitrogens is 1. The van der Waals surface area contributed by atoms with Gasteiger partial charge >= 0.3 is 0 Å². The first-order chi connectivity index (χ1) is 8.26. The number of thiazole rings is 1. The number of aliphatic hydroxyl groups is 2. The topological polar surface area (TPSA) is 79.4 Å². The lowest BCUT2D eigenvalue weighted by Gasteiger charge is -2.09. The normalized spacial score (nSPS) is 12.6. The highest BCUT2D eigenvalue weighted by Gasteiger charge is 2.09. The first kappa shape index (κ1) is 12.2. The van der Waals surface area contributed by atoms with E-state index in [-0.39, 0.29) is 19.3 Å². The van der Waals surface area contributed by atoms with Gasteiger partial charge in [0, 0.05) is 0 Å². The Morgan fingerprint density at radius 2 is 1.94 bits per heavy atom. The maximum absolute atomic E-state index is 9.14. The standard InChI is InChI=1S/C12H14N2O2S/c13-10(5-15)8-1-3-9(4-2-8)12-11(6-16)14-7-17-12/h1-4,7,10,15-16H,5-6,13H2. The number of nitrogens with two attached hydrogens (primary N) is 1. The van der Waals surface area contributed by atoms with E-state index >= 15 is 0 Å². The Morgan fingerprint density at radius 1 is 1.24 bits per heavy atom. The number of hydrogen-bond donors (Lipinski definition) is 3. The van der Waals surface area contributed by atoms with E-state index in [1.54, 1.807) is 5.51 Å². The van der Waals surface area contributed by atoms with Gasteiger partial charge in [0.25, 0.3) is 0 Å². The van der Waals surface area contributed by atoms with Gasteiger partial charge in [0.1, 0.15) is 0 Å². The minimum atomic E-state index is -0.345. The van der Waals surface area contributed by atoms with Crippen molar-refractivity contribution in [2.24, 2.45) is 5.73 Å². The zero-order valence-electron chi connectivity index (χ0n) is 9.21. The fourth-order valence-corrected chi connectivity index (χ4v) is 2.41. The molecule has 0 saturated carbocycles. The summed E-state index contributed by atoms with van der Waals surface area (Å²) in [5.41, 5.74) is 10.0. The second-order valence-electron chi connectivity index (χ2n) is 3.70. The molecular formula is C12H14N2O2S. The molecule has 0 aliphatic heterocycles. The minimum absolute atomic E-state index is 0.0588. The molecule has 1 atom stereocenters. The monoisotopic (exact) mass is 250 g/mol. The summed E-state index contributed by atoms with van der Waals surface area (Å²) in [7, 11) is 0. The fraction of sp³-hybridized carbons (Fsp3) is 0.250. The fourth-order valence-electron chi connectivity index (χ4n) is 1.60. The Hall–Kier alpha value is -1.27. The lowest BCUT2D eigenvalue weighted by atomic mass is 10.0. The third kappa shape index (κ3) is 2.53. The van der Waals surface area contributed by atoms with Gasteiger partial charge in [-0.1, -0.05) is 24.3 Å². The minimum Gasteiger partial charge on any atom is -0.394 e. The molecule has 5 heteroatoms. The maximum atomic E-state index is 9.14. The van der Waals surface area contributed by atoms with Crippen LogP contribution in [-0.2, 0) is 6.61 Å². The lowest BCUT2D eigenvalue weighted by molar-refractivity contribution is 0.268. The van der Waals surface area contributed by atoms with Crippen molar-refractivity contribution >= 4 is 11.3 Å². The van der Waals surface area contributed by atoms with Crippen LogP contribution >= 0.6 is 11.3 Å². The van der Waals surface area contributed by atoms with Crippen LogP contribution in [0.3, 0.4) is 0 Å². The van der Waals surface area contributed by atoms with Crippen LogP contribution in [0.15, 0.2) is 29.8 Å². The van der Waals surface area contributed by atoms with Crippen LogP contribution in [0.25, 0.3) is 10.4 Å². The SMILES string of the molecule is NC(CO)c1ccc(-c2scnc2CO)cc1. The van der Waals surface area contributed by atoms with Crippen molar-refractivity contribution < 1.29 is 10.2 Å². The van der Waals surface area contributed by atoms with Gasteiger partial charge in [0.15, 0.2) is 0 Å². The Bertz CT molecular complexity index is 482. The molecule has 2 aromatic rings. The summed E-state index contributed by atoms with van der Waals surface area (Å²) in [6.45, 7) is -0.126. The molecule has 1 heterocycles. The first-order valence-electron chi connectivity index (χ1n) is 5.26. The summed E-state index contributed by atoms with van der Waals surface area (Å²) in [4.78, 5) is 5.06. The molecule has 90 valence electrons. The highest BCUT2D eigenvalue weighted by atomic mass is 32.1. The van der Waals surface area contributed by atoms with Crippen LogP contribution in [0.4, 0.5) is 0 Å². The van der Waals surface area contributed by atoms with Crippen molar-refractivity contribution in [1.82, 2.24) is 4.98 Å². The van der Waals surface area contributed by atoms with E-state index in [1.165, 1.54) is 11.3 Å². The molecule has 0 bridgehead atoms. The molecule has 0 amide bonds. The summed E-state index contributed by atoms with van der Waals surface area (Å²) in [6.07, 6.45) is 0. The maximum Gasteiger partial charge on any atom is 0.0867 e. The predicted molar refractivity (Wildman–Crippen MR) is 67.5 cm³/mol. The lowest BCUT2D eigenvalue weighted by Crippen LogP contribution is -2.14. The summed E-state index contributed by atoms with van der Waals surface area (Å²) >= 11 is 1.50. The zero-order valence-corrected chi connectivity index (χ0v) is 10.0. The second-order valence-corrected chi connectivity index (χ2v) is 4.55. The number of hydrogen-bond acceptors (Lipinski definition) is 5. The average Bonchev–Trinajstić information content (AvgIpc) is 2.86. The van der Waals surface area contributed by atoms with Gasteiger partial charge in [-0.3, -0.25) is 0 Å². The quantitative estimate of drug-likeness (QED) is 0.764. The molecule has 4 nitrogen and oxygen atoms in total. The summed E-state index contributed by atoms with van der Waals surface area (Å²) in [6, 6.07) is 7.28. The van der Waals surface area contributed by atoms with E-state index in [0.29, 0.717) is 5.69 Å². The Morgan fingerprint density at radius 3 is 2.53 bits per heavy atom. The van der Waals surface area contributed by atoms with E-state index in [1.807, 2.05) is 24.3 Å². The van der Waals surface area contributed by atoms with E-state index in [0.717, 1.165) is 16.0 Å². The number of aliphatic hydroxyl groups excluding tert-OH is 2.